The number of aliphatic hydroxyl groups excluding tert-OH is 1. The molecule has 14 aliphatic heterocycles. The molecule has 0 aromatic heterocycles. The fourth-order valence-corrected chi connectivity index (χ4v) is 24.9. The highest BCUT2D eigenvalue weighted by atomic mass is 32.2. The van der Waals surface area contributed by atoms with Gasteiger partial charge in [-0.1, -0.05) is 48.3 Å². The summed E-state index contributed by atoms with van der Waals surface area (Å²) in [5, 5.41) is 68.6. The number of aryl methyl sites for hydroxylation is 2. The monoisotopic (exact) mass is 1640 g/mol. The zero-order chi connectivity index (χ0) is 79.8. The number of phenolic OH excluding ortho intramolecular Hbond substituents is 4. The number of phenols is 4. The summed E-state index contributed by atoms with van der Waals surface area (Å²) in [6, 6.07) is 8.61. The summed E-state index contributed by atoms with van der Waals surface area (Å²) in [4.78, 5) is 69.0. The number of rotatable bonds is 8. The van der Waals surface area contributed by atoms with Crippen molar-refractivity contribution in [1.29, 1.82) is 5.26 Å². The average molecular weight is 1640 g/mol. The van der Waals surface area contributed by atoms with Gasteiger partial charge in [-0.3, -0.25) is 39.0 Å². The normalized spacial score (nSPS) is 28.2. The zero-order valence-electron chi connectivity index (χ0n) is 65.5. The molecular weight excluding hydrogens is 1530 g/mol. The summed E-state index contributed by atoms with van der Waals surface area (Å²) in [7, 11) is 10.0. The Kier molecular flexibility index (Phi) is 22.2. The van der Waals surface area contributed by atoms with E-state index in [0.717, 1.165) is 33.4 Å². The lowest BCUT2D eigenvalue weighted by Gasteiger charge is -2.62. The van der Waals surface area contributed by atoms with Gasteiger partial charge in [-0.15, -0.1) is 23.5 Å². The van der Waals surface area contributed by atoms with E-state index in [1.807, 2.05) is 66.6 Å². The highest BCUT2D eigenvalue weighted by Crippen LogP contribution is 2.68. The first kappa shape index (κ1) is 83.2. The van der Waals surface area contributed by atoms with Crippen LogP contribution >= 0.6 is 23.5 Å². The van der Waals surface area contributed by atoms with Gasteiger partial charge in [-0.25, -0.2) is 9.59 Å². The topological polar surface area (TPSA) is 323 Å². The number of hydrogen-bond donors (Lipinski definition) is 5. The van der Waals surface area contributed by atoms with Crippen molar-refractivity contribution >= 4 is 47.4 Å². The predicted octanol–water partition coefficient (Wildman–Crippen LogP) is 10.8. The number of hydrogen-bond acceptors (Lipinski definition) is 30. The van der Waals surface area contributed by atoms with Crippen LogP contribution in [0.1, 0.15) is 174 Å². The van der Waals surface area contributed by atoms with Crippen LogP contribution in [0.3, 0.4) is 0 Å². The molecule has 2 unspecified atom stereocenters. The van der Waals surface area contributed by atoms with Gasteiger partial charge in [0.05, 0.1) is 75.2 Å². The van der Waals surface area contributed by atoms with E-state index in [4.69, 9.17) is 56.8 Å². The highest BCUT2D eigenvalue weighted by molar-refractivity contribution is 7.99. The van der Waals surface area contributed by atoms with Gasteiger partial charge in [-0.05, 0) is 149 Å². The number of aromatic hydroxyl groups is 4. The van der Waals surface area contributed by atoms with Crippen molar-refractivity contribution in [2.45, 2.75) is 186 Å². The van der Waals surface area contributed by atoms with Crippen LogP contribution in [-0.4, -0.2) is 222 Å². The van der Waals surface area contributed by atoms with E-state index in [2.05, 4.69) is 36.6 Å². The molecule has 6 aromatic carbocycles. The molecule has 4 saturated heterocycles. The Hall–Kier alpha value is -9.29. The summed E-state index contributed by atoms with van der Waals surface area (Å²) >= 11 is 3.03. The molecule has 116 heavy (non-hydrogen) atoms. The molecule has 0 aliphatic carbocycles. The Morgan fingerprint density at radius 3 is 1.35 bits per heavy atom. The summed E-state index contributed by atoms with van der Waals surface area (Å²) in [5.74, 6) is 2.23. The fourth-order valence-electron chi connectivity index (χ4n) is 21.4. The molecule has 622 valence electrons. The number of piperazine rings is 2. The predicted molar refractivity (Wildman–Crippen MR) is 431 cm³/mol. The maximum atomic E-state index is 15.1. The van der Waals surface area contributed by atoms with Crippen molar-refractivity contribution in [3.05, 3.63) is 125 Å². The van der Waals surface area contributed by atoms with Crippen molar-refractivity contribution in [3.8, 4) is 86.6 Å². The van der Waals surface area contributed by atoms with Crippen LogP contribution in [0, 0.1) is 39.0 Å². The molecule has 0 radical (unpaired) electrons. The summed E-state index contributed by atoms with van der Waals surface area (Å²) in [6.45, 7) is 15.9. The molecule has 4 fully saturated rings. The number of ether oxygens (including phenoxy) is 12. The van der Waals surface area contributed by atoms with E-state index < -0.39 is 94.0 Å². The molecule has 28 nitrogen and oxygen atoms in total. The van der Waals surface area contributed by atoms with Crippen molar-refractivity contribution in [2.24, 2.45) is 0 Å². The number of nitrogens with zero attached hydrogens (tertiary/aromatic N) is 7. The van der Waals surface area contributed by atoms with E-state index in [1.165, 1.54) is 51.6 Å². The summed E-state index contributed by atoms with van der Waals surface area (Å²) in [6.07, 6.45) is 1.10. The summed E-state index contributed by atoms with van der Waals surface area (Å²) < 4.78 is 72.8. The first-order chi connectivity index (χ1) is 54.3. The number of aliphatic hydroxyl groups is 1. The first-order valence-corrected chi connectivity index (χ1v) is 40.4. The number of benzene rings is 6. The van der Waals surface area contributed by atoms with Crippen LogP contribution in [0.25, 0.3) is 0 Å². The van der Waals surface area contributed by atoms with Gasteiger partial charge in [0, 0.05) is 101 Å². The van der Waals surface area contributed by atoms with Crippen LogP contribution in [0.5, 0.6) is 80.5 Å². The van der Waals surface area contributed by atoms with Crippen LogP contribution in [0.4, 0.5) is 0 Å². The van der Waals surface area contributed by atoms with E-state index in [1.54, 1.807) is 38.5 Å². The first-order valence-electron chi connectivity index (χ1n) is 38.3. The number of carbonyl (C=O) groups is 4. The van der Waals surface area contributed by atoms with Crippen LogP contribution in [0.2, 0.25) is 0 Å². The molecule has 6 aromatic rings. The van der Waals surface area contributed by atoms with E-state index >= 15 is 9.59 Å². The largest absolute Gasteiger partial charge is 0.504 e. The number of carbonyl (C=O) groups excluding carboxylic acids is 4. The number of fused-ring (bicyclic) bond motifs is 18. The smallest absolute Gasteiger partial charge is 0.332 e. The van der Waals surface area contributed by atoms with E-state index in [9.17, 15) is 40.4 Å². The highest BCUT2D eigenvalue weighted by Gasteiger charge is 2.66. The molecule has 0 amide bonds. The molecular formula is C86H105N7O21S2. The Balaban J connectivity index is 0.000000186. The Morgan fingerprint density at radius 1 is 0.543 bits per heavy atom. The maximum absolute atomic E-state index is 15.1. The Labute approximate surface area is 684 Å². The second-order valence-corrected chi connectivity index (χ2v) is 33.5. The lowest BCUT2D eigenvalue weighted by atomic mass is 9.71. The number of methoxy groups -OCH3 is 4. The molecule has 14 aliphatic rings. The molecule has 14 atom stereocenters. The van der Waals surface area contributed by atoms with Crippen molar-refractivity contribution < 1.29 is 102 Å². The molecule has 0 saturated carbocycles. The van der Waals surface area contributed by atoms with Gasteiger partial charge >= 0.3 is 23.9 Å². The third-order valence-electron chi connectivity index (χ3n) is 26.1. The number of likely N-dealkylation sites (N-methyl/N-ethyl adjacent to an activating group) is 4. The number of nitriles is 1. The molecule has 30 heteroatoms. The molecule has 8 bridgehead atoms. The van der Waals surface area contributed by atoms with Crippen LogP contribution < -0.4 is 47.4 Å². The SMILES string of the molecule is C.C.C.CCN1CCc2cc(O)c(OC)cc2[C@@]12CS[C@@H]1c3c(OC(C)=O)c(C)c4c(c3[C@H](COC2=O)N2C1[C@H]1c3c(cc(C)c(OC)c3O)C[C@@H]([C@@H]2C#N)N1C)OCO4.CCN1CCc2cc(O)c(OC)cc2[C@@]12CS[C@@H]1c3c(OC(C)=O)c(C)c4c(c3[C@H](COC2=O)N2C1[C@H]1c3c(cc(C)c(OC)c3O)C[C@@H]([C@@H]2O)N1C)OCO4. The lowest BCUT2D eigenvalue weighted by Crippen LogP contribution is -2.70. The molecule has 5 N–H and O–H groups in total. The van der Waals surface area contributed by atoms with Crippen molar-refractivity contribution in [1.82, 2.24) is 29.4 Å². The molecule has 14 heterocycles. The van der Waals surface area contributed by atoms with Crippen LogP contribution in [-0.2, 0) is 65.4 Å². The average Bonchev–Trinajstić information content (AvgIpc) is 0.927. The second kappa shape index (κ2) is 30.9. The van der Waals surface area contributed by atoms with E-state index in [-0.39, 0.29) is 107 Å². The standard InChI is InChI=1S/C42H46N4O10S.C41H47N3O11S.3CH4/c1-8-45-10-9-22-13-28(48)29(51-6)14-24(22)42(45)17-57-40-32-31(39-38(54-18-55-39)20(3)37(32)56-21(4)47)27(16-53-41(42)50)46-26(15-43)25-12-23-11-19(2)36(52-7)35(49)30(23)33(34(40)46)44(25)5;1-8-43-10-9-21-13-26(46)27(50-6)14-23(21)41(43)16-56-38-30-29(37-36(53-17-54-37)19(3)35(30)55-20(4)45)25(15-52-40(41)49)44-32(38)31-28-22(12-24(39(44)48)42(31)5)11-18(2)34(51-7)33(28)47;;;/h11,13-14,25-27,33-34,40,48-49H,8-10,12,16-18H2,1-7H3;11,13-14,24-25,31-32,38-39,46-48H,8-10,12,15-17H2,1-7H3;3*1H4/t25-,26-,27-,33+,34?,40+,42+;24-,25-,31+,32?,38+,39-,41+;;;/m00.../s1. The quantitative estimate of drug-likeness (QED) is 0.0698. The van der Waals surface area contributed by atoms with E-state index in [0.29, 0.717) is 153 Å². The Bertz CT molecular complexity index is 5080. The van der Waals surface area contributed by atoms with Gasteiger partial charge in [0.2, 0.25) is 13.6 Å². The molecule has 20 rings (SSSR count). The fraction of sp³-hybridized carbons (Fsp3) is 0.523. The maximum Gasteiger partial charge on any atom is 0.332 e. The van der Waals surface area contributed by atoms with Crippen molar-refractivity contribution in [3.63, 3.8) is 0 Å². The molecule has 2 spiro atoms. The van der Waals surface area contributed by atoms with Gasteiger partial charge < -0.3 is 82.4 Å². The van der Waals surface area contributed by atoms with Gasteiger partial charge in [0.25, 0.3) is 0 Å². The summed E-state index contributed by atoms with van der Waals surface area (Å²) in [5.41, 5.74) is 9.12. The third kappa shape index (κ3) is 11.8. The third-order valence-corrected chi connectivity index (χ3v) is 29.1. The van der Waals surface area contributed by atoms with Gasteiger partial charge in [0.1, 0.15) is 37.0 Å². The van der Waals surface area contributed by atoms with Crippen LogP contribution in [0.15, 0.2) is 36.4 Å². The minimum Gasteiger partial charge on any atom is -0.504 e. The van der Waals surface area contributed by atoms with Crippen molar-refractivity contribution in [2.75, 3.05) is 107 Å². The number of esters is 4. The second-order valence-electron chi connectivity index (χ2n) is 31.2. The number of thioether (sulfide) groups is 2. The minimum atomic E-state index is -1.31. The zero-order valence-corrected chi connectivity index (χ0v) is 67.1. The van der Waals surface area contributed by atoms with Gasteiger partial charge in [0.15, 0.2) is 80.1 Å². The van der Waals surface area contributed by atoms with Gasteiger partial charge in [-0.2, -0.15) is 5.26 Å². The lowest BCUT2D eigenvalue weighted by molar-refractivity contribution is -0.188. The minimum absolute atomic E-state index is 0. The Morgan fingerprint density at radius 2 is 0.948 bits per heavy atom.